The van der Waals surface area contributed by atoms with Gasteiger partial charge in [-0.05, 0) is 25.2 Å². The Balaban J connectivity index is 1.33. The van der Waals surface area contributed by atoms with E-state index in [2.05, 4.69) is 20.1 Å². The minimum Gasteiger partial charge on any atom is -0.463 e. The number of oxazole rings is 1. The number of ether oxygens (including phenoxy) is 1. The molecule has 2 N–H and O–H groups in total. The van der Waals surface area contributed by atoms with Gasteiger partial charge in [0.2, 0.25) is 5.89 Å². The molecular weight excluding hydrogens is 412 g/mol. The average Bonchev–Trinajstić information content (AvgIpc) is 3.27. The van der Waals surface area contributed by atoms with Crippen LogP contribution >= 0.6 is 0 Å². The van der Waals surface area contributed by atoms with E-state index in [4.69, 9.17) is 9.15 Å². The van der Waals surface area contributed by atoms with E-state index in [1.807, 2.05) is 6.92 Å². The number of carbonyl (C=O) groups is 2. The number of nitrogens with one attached hydrogen (secondary N) is 1. The SMILES string of the molecule is CCCC(=O)OCC(O)CN1CCN(Cc2nc(C(=O)NCC3CCCCC3)co2)CC1. The Hall–Kier alpha value is -1.97. The maximum atomic E-state index is 12.4. The number of esters is 1. The molecule has 1 aliphatic heterocycles. The Morgan fingerprint density at radius 3 is 2.66 bits per heavy atom. The molecule has 0 bridgehead atoms. The van der Waals surface area contributed by atoms with Crippen LogP contribution in [0.2, 0.25) is 0 Å². The smallest absolute Gasteiger partial charge is 0.305 e. The van der Waals surface area contributed by atoms with Gasteiger partial charge in [0.15, 0.2) is 5.69 Å². The van der Waals surface area contributed by atoms with Gasteiger partial charge in [-0.2, -0.15) is 0 Å². The van der Waals surface area contributed by atoms with E-state index in [1.54, 1.807) is 0 Å². The number of aliphatic hydroxyl groups is 1. The second kappa shape index (κ2) is 12.9. The number of nitrogens with zero attached hydrogens (tertiary/aromatic N) is 3. The van der Waals surface area contributed by atoms with Crippen LogP contribution in [0, 0.1) is 5.92 Å². The average molecular weight is 451 g/mol. The van der Waals surface area contributed by atoms with Crippen molar-refractivity contribution in [3.63, 3.8) is 0 Å². The standard InChI is InChI=1S/C23H38N4O5/c1-2-6-22(29)32-16-19(28)14-26-9-11-27(12-10-26)15-21-25-20(17-31-21)23(30)24-13-18-7-4-3-5-8-18/h17-19,28H,2-16H2,1H3,(H,24,30). The highest BCUT2D eigenvalue weighted by Gasteiger charge is 2.22. The van der Waals surface area contributed by atoms with Crippen LogP contribution in [-0.2, 0) is 16.1 Å². The lowest BCUT2D eigenvalue weighted by Gasteiger charge is -2.34. The predicted molar refractivity (Wildman–Crippen MR) is 119 cm³/mol. The molecule has 2 heterocycles. The zero-order valence-electron chi connectivity index (χ0n) is 19.3. The van der Waals surface area contributed by atoms with Crippen molar-refractivity contribution < 1.29 is 23.8 Å². The van der Waals surface area contributed by atoms with Crippen molar-refractivity contribution in [3.05, 3.63) is 17.8 Å². The lowest BCUT2D eigenvalue weighted by atomic mass is 9.89. The number of rotatable bonds is 11. The largest absolute Gasteiger partial charge is 0.463 e. The quantitative estimate of drug-likeness (QED) is 0.492. The molecule has 1 aromatic rings. The summed E-state index contributed by atoms with van der Waals surface area (Å²) in [6.45, 7) is 6.95. The van der Waals surface area contributed by atoms with Gasteiger partial charge in [0.1, 0.15) is 19.0 Å². The van der Waals surface area contributed by atoms with E-state index in [-0.39, 0.29) is 18.5 Å². The van der Waals surface area contributed by atoms with E-state index < -0.39 is 6.10 Å². The van der Waals surface area contributed by atoms with E-state index >= 15 is 0 Å². The van der Waals surface area contributed by atoms with Gasteiger partial charge in [-0.1, -0.05) is 26.2 Å². The minimum absolute atomic E-state index is 0.0426. The molecule has 1 atom stereocenters. The van der Waals surface area contributed by atoms with Crippen LogP contribution in [0.15, 0.2) is 10.7 Å². The molecule has 1 saturated carbocycles. The van der Waals surface area contributed by atoms with Crippen molar-refractivity contribution in [1.82, 2.24) is 20.1 Å². The number of carbonyl (C=O) groups excluding carboxylic acids is 2. The summed E-state index contributed by atoms with van der Waals surface area (Å²) in [5.74, 6) is 0.704. The molecule has 32 heavy (non-hydrogen) atoms. The maximum absolute atomic E-state index is 12.4. The molecule has 0 aromatic carbocycles. The van der Waals surface area contributed by atoms with Gasteiger partial charge >= 0.3 is 5.97 Å². The first-order valence-electron chi connectivity index (χ1n) is 12.0. The minimum atomic E-state index is -0.677. The fourth-order valence-electron chi connectivity index (χ4n) is 4.34. The molecule has 9 nitrogen and oxygen atoms in total. The molecule has 0 radical (unpaired) electrons. The second-order valence-corrected chi connectivity index (χ2v) is 9.00. The van der Waals surface area contributed by atoms with Crippen molar-refractivity contribution in [2.24, 2.45) is 5.92 Å². The lowest BCUT2D eigenvalue weighted by molar-refractivity contribution is -0.147. The first-order chi connectivity index (χ1) is 15.5. The van der Waals surface area contributed by atoms with Crippen LogP contribution in [0.1, 0.15) is 68.2 Å². The normalized spacial score (nSPS) is 19.6. The van der Waals surface area contributed by atoms with Crippen LogP contribution in [-0.4, -0.2) is 83.7 Å². The molecule has 2 aliphatic rings. The number of hydrogen-bond donors (Lipinski definition) is 2. The Morgan fingerprint density at radius 2 is 1.94 bits per heavy atom. The van der Waals surface area contributed by atoms with Crippen LogP contribution in [0.25, 0.3) is 0 Å². The summed E-state index contributed by atoms with van der Waals surface area (Å²) in [6.07, 6.45) is 8.10. The van der Waals surface area contributed by atoms with Crippen molar-refractivity contribution in [3.8, 4) is 0 Å². The summed E-state index contributed by atoms with van der Waals surface area (Å²) >= 11 is 0. The number of aliphatic hydroxyl groups excluding tert-OH is 1. The van der Waals surface area contributed by atoms with Crippen molar-refractivity contribution in [2.75, 3.05) is 45.9 Å². The summed E-state index contributed by atoms with van der Waals surface area (Å²) < 4.78 is 10.6. The molecule has 9 heteroatoms. The van der Waals surface area contributed by atoms with Crippen LogP contribution in [0.4, 0.5) is 0 Å². The maximum Gasteiger partial charge on any atom is 0.305 e. The molecule has 1 amide bonds. The Morgan fingerprint density at radius 1 is 1.22 bits per heavy atom. The molecule has 0 spiro atoms. The van der Waals surface area contributed by atoms with Gasteiger partial charge in [0.05, 0.1) is 6.54 Å². The Labute approximate surface area is 190 Å². The molecule has 1 unspecified atom stereocenters. The number of aromatic nitrogens is 1. The van der Waals surface area contributed by atoms with E-state index in [1.165, 1.54) is 38.4 Å². The van der Waals surface area contributed by atoms with Gasteiger partial charge < -0.3 is 19.6 Å². The summed E-state index contributed by atoms with van der Waals surface area (Å²) in [5.41, 5.74) is 0.343. The van der Waals surface area contributed by atoms with Gasteiger partial charge in [-0.15, -0.1) is 0 Å². The first-order valence-corrected chi connectivity index (χ1v) is 12.0. The molecule has 3 rings (SSSR count). The molecule has 1 aliphatic carbocycles. The summed E-state index contributed by atoms with van der Waals surface area (Å²) in [7, 11) is 0. The first kappa shape index (κ1) is 24.7. The highest BCUT2D eigenvalue weighted by atomic mass is 16.5. The predicted octanol–water partition coefficient (Wildman–Crippen LogP) is 1.81. The van der Waals surface area contributed by atoms with Crippen molar-refractivity contribution in [2.45, 2.75) is 64.5 Å². The highest BCUT2D eigenvalue weighted by Crippen LogP contribution is 2.22. The fraction of sp³-hybridized carbons (Fsp3) is 0.783. The summed E-state index contributed by atoms with van der Waals surface area (Å²) in [4.78, 5) is 32.5. The van der Waals surface area contributed by atoms with E-state index in [9.17, 15) is 14.7 Å². The van der Waals surface area contributed by atoms with Gasteiger partial charge in [-0.25, -0.2) is 4.98 Å². The van der Waals surface area contributed by atoms with Gasteiger partial charge in [0.25, 0.3) is 5.91 Å². The lowest BCUT2D eigenvalue weighted by Crippen LogP contribution is -2.48. The number of β-amino-alcohol motifs (C(OH)–C–C–N with tert-alkyl or cyclic N) is 1. The van der Waals surface area contributed by atoms with Crippen LogP contribution < -0.4 is 5.32 Å². The topological polar surface area (TPSA) is 108 Å². The van der Waals surface area contributed by atoms with Crippen molar-refractivity contribution in [1.29, 1.82) is 0 Å². The number of piperazine rings is 1. The third-order valence-corrected chi connectivity index (χ3v) is 6.24. The van der Waals surface area contributed by atoms with Gasteiger partial charge in [0, 0.05) is 45.7 Å². The number of amides is 1. The molecular formula is C23H38N4O5. The van der Waals surface area contributed by atoms with Gasteiger partial charge in [-0.3, -0.25) is 19.4 Å². The van der Waals surface area contributed by atoms with E-state index in [0.717, 1.165) is 32.6 Å². The Bertz CT molecular complexity index is 711. The second-order valence-electron chi connectivity index (χ2n) is 9.00. The molecule has 1 aromatic heterocycles. The molecule has 2 fully saturated rings. The number of hydrogen-bond acceptors (Lipinski definition) is 8. The Kier molecular flexibility index (Phi) is 9.95. The summed E-state index contributed by atoms with van der Waals surface area (Å²) in [5, 5.41) is 13.1. The fourth-order valence-corrected chi connectivity index (χ4v) is 4.34. The van der Waals surface area contributed by atoms with Crippen molar-refractivity contribution >= 4 is 11.9 Å². The monoisotopic (exact) mass is 450 g/mol. The molecule has 1 saturated heterocycles. The molecule has 180 valence electrons. The van der Waals surface area contributed by atoms with Crippen LogP contribution in [0.3, 0.4) is 0 Å². The zero-order valence-corrected chi connectivity index (χ0v) is 19.3. The summed E-state index contributed by atoms with van der Waals surface area (Å²) in [6, 6.07) is 0. The third-order valence-electron chi connectivity index (χ3n) is 6.24. The highest BCUT2D eigenvalue weighted by molar-refractivity contribution is 5.91. The zero-order chi connectivity index (χ0) is 22.8. The van der Waals surface area contributed by atoms with Crippen LogP contribution in [0.5, 0.6) is 0 Å². The van der Waals surface area contributed by atoms with E-state index in [0.29, 0.717) is 43.6 Å². The third kappa shape index (κ3) is 8.18.